The molecule has 4 rings (SSSR count). The van der Waals surface area contributed by atoms with E-state index in [0.29, 0.717) is 5.82 Å². The number of aromatic amines is 2. The zero-order valence-corrected chi connectivity index (χ0v) is 12.1. The van der Waals surface area contributed by atoms with E-state index in [1.54, 1.807) is 5.01 Å². The number of fused-ring (bicyclic) bond motifs is 2. The minimum Gasteiger partial charge on any atom is -0.359 e. The summed E-state index contributed by atoms with van der Waals surface area (Å²) >= 11 is 11.6. The zero-order valence-electron chi connectivity index (χ0n) is 10.6. The second kappa shape index (κ2) is 4.45. The number of rotatable bonds is 1. The largest absolute Gasteiger partial charge is 0.359 e. The molecular formula is C10H6Cl2N8O2. The molecule has 1 aliphatic heterocycles. The lowest BCUT2D eigenvalue weighted by atomic mass is 10.5. The van der Waals surface area contributed by atoms with Crippen molar-refractivity contribution in [1.82, 2.24) is 29.6 Å². The molecule has 0 saturated carbocycles. The first-order valence-corrected chi connectivity index (χ1v) is 6.74. The van der Waals surface area contributed by atoms with E-state index in [9.17, 15) is 9.59 Å². The molecule has 0 atom stereocenters. The average molecular weight is 341 g/mol. The van der Waals surface area contributed by atoms with Crippen LogP contribution in [-0.2, 0) is 0 Å². The van der Waals surface area contributed by atoms with Crippen LogP contribution >= 0.6 is 23.2 Å². The van der Waals surface area contributed by atoms with Gasteiger partial charge in [0, 0.05) is 0 Å². The van der Waals surface area contributed by atoms with Crippen molar-refractivity contribution in [2.24, 2.45) is 0 Å². The van der Waals surface area contributed by atoms with Crippen molar-refractivity contribution in [3.05, 3.63) is 37.6 Å². The summed E-state index contributed by atoms with van der Waals surface area (Å²) in [5.74, 6) is 0.297. The summed E-state index contributed by atoms with van der Waals surface area (Å²) in [4.78, 5) is 40.5. The van der Waals surface area contributed by atoms with Gasteiger partial charge in [-0.2, -0.15) is 9.97 Å². The second-order valence-corrected chi connectivity index (χ2v) is 5.12. The summed E-state index contributed by atoms with van der Waals surface area (Å²) < 4.78 is 1.47. The molecule has 22 heavy (non-hydrogen) atoms. The van der Waals surface area contributed by atoms with Gasteiger partial charge in [0.05, 0.1) is 0 Å². The SMILES string of the molecule is O=c1[nH]c(Cl)nc2c1NCN2n1cnc2c(=O)[nH]c(Cl)nc21. The van der Waals surface area contributed by atoms with E-state index in [0.717, 1.165) is 0 Å². The Morgan fingerprint density at radius 3 is 2.64 bits per heavy atom. The van der Waals surface area contributed by atoms with Crippen molar-refractivity contribution in [3.63, 3.8) is 0 Å². The minimum absolute atomic E-state index is 0.0503. The van der Waals surface area contributed by atoms with Gasteiger partial charge in [-0.1, -0.05) is 0 Å². The van der Waals surface area contributed by atoms with Crippen LogP contribution in [0.1, 0.15) is 0 Å². The molecule has 1 aliphatic rings. The highest BCUT2D eigenvalue weighted by Crippen LogP contribution is 2.27. The first-order valence-electron chi connectivity index (χ1n) is 5.99. The number of hydrogen-bond acceptors (Lipinski definition) is 7. The quantitative estimate of drug-likeness (QED) is 0.539. The van der Waals surface area contributed by atoms with Crippen molar-refractivity contribution >= 4 is 45.9 Å². The van der Waals surface area contributed by atoms with Crippen molar-refractivity contribution in [2.45, 2.75) is 0 Å². The Balaban J connectivity index is 1.97. The third-order valence-corrected chi connectivity index (χ3v) is 3.50. The molecule has 0 spiro atoms. The number of H-pyrrole nitrogens is 2. The number of imidazole rings is 1. The third-order valence-electron chi connectivity index (χ3n) is 3.14. The standard InChI is InChI=1S/C10H6Cl2N8O2/c11-9-15-5-3(7(21)17-9)13-1-19(5)20-2-14-4-6(20)16-10(12)18-8(4)22/h1,14H,2H2,(H,15,17,21)(H,16,18,22). The molecule has 12 heteroatoms. The molecule has 0 aliphatic carbocycles. The highest BCUT2D eigenvalue weighted by molar-refractivity contribution is 6.28. The Kier molecular flexibility index (Phi) is 2.65. The number of aromatic nitrogens is 6. The highest BCUT2D eigenvalue weighted by Gasteiger charge is 2.27. The molecule has 0 radical (unpaired) electrons. The number of nitrogens with zero attached hydrogens (tertiary/aromatic N) is 5. The van der Waals surface area contributed by atoms with Crippen LogP contribution in [-0.4, -0.2) is 36.3 Å². The fraction of sp³-hybridized carbons (Fsp3) is 0.100. The van der Waals surface area contributed by atoms with E-state index in [1.807, 2.05) is 0 Å². The van der Waals surface area contributed by atoms with E-state index in [2.05, 4.69) is 30.2 Å². The van der Waals surface area contributed by atoms with E-state index in [-0.39, 0.29) is 34.1 Å². The van der Waals surface area contributed by atoms with Crippen LogP contribution in [0.4, 0.5) is 11.5 Å². The summed E-state index contributed by atoms with van der Waals surface area (Å²) in [6.45, 7) is 0.226. The van der Waals surface area contributed by atoms with E-state index in [4.69, 9.17) is 23.2 Å². The number of hydrogen-bond donors (Lipinski definition) is 3. The molecule has 3 aromatic heterocycles. The third kappa shape index (κ3) is 1.77. The van der Waals surface area contributed by atoms with Crippen LogP contribution in [0.15, 0.2) is 15.9 Å². The fourth-order valence-electron chi connectivity index (χ4n) is 2.24. The van der Waals surface area contributed by atoms with Crippen LogP contribution < -0.4 is 21.4 Å². The lowest BCUT2D eigenvalue weighted by Crippen LogP contribution is -2.29. The Labute approximate surface area is 130 Å². The van der Waals surface area contributed by atoms with Crippen LogP contribution in [0.2, 0.25) is 10.6 Å². The Morgan fingerprint density at radius 1 is 1.09 bits per heavy atom. The highest BCUT2D eigenvalue weighted by atomic mass is 35.5. The normalized spacial score (nSPS) is 13.5. The van der Waals surface area contributed by atoms with Gasteiger partial charge >= 0.3 is 0 Å². The van der Waals surface area contributed by atoms with Crippen LogP contribution in [0, 0.1) is 0 Å². The van der Waals surface area contributed by atoms with Gasteiger partial charge in [0.1, 0.15) is 18.7 Å². The summed E-state index contributed by atoms with van der Waals surface area (Å²) in [7, 11) is 0. The number of halogens is 2. The number of anilines is 2. The van der Waals surface area contributed by atoms with Crippen molar-refractivity contribution in [1.29, 1.82) is 0 Å². The summed E-state index contributed by atoms with van der Waals surface area (Å²) in [5.41, 5.74) is -0.235. The smallest absolute Gasteiger partial charge is 0.280 e. The van der Waals surface area contributed by atoms with Gasteiger partial charge in [-0.15, -0.1) is 0 Å². The van der Waals surface area contributed by atoms with E-state index < -0.39 is 11.1 Å². The van der Waals surface area contributed by atoms with Gasteiger partial charge in [-0.25, -0.2) is 14.7 Å². The van der Waals surface area contributed by atoms with Gasteiger partial charge < -0.3 is 5.32 Å². The molecule has 3 aromatic rings. The maximum Gasteiger partial charge on any atom is 0.280 e. The Bertz CT molecular complexity index is 1020. The molecule has 0 saturated heterocycles. The van der Waals surface area contributed by atoms with Gasteiger partial charge in [-0.3, -0.25) is 19.6 Å². The second-order valence-electron chi connectivity index (χ2n) is 4.41. The zero-order chi connectivity index (χ0) is 15.4. The van der Waals surface area contributed by atoms with Gasteiger partial charge in [0.2, 0.25) is 10.6 Å². The predicted molar refractivity (Wildman–Crippen MR) is 79.4 cm³/mol. The predicted octanol–water partition coefficient (Wildman–Crippen LogP) is 0.162. The molecular weight excluding hydrogens is 335 g/mol. The summed E-state index contributed by atoms with van der Waals surface area (Å²) in [6.07, 6.45) is 1.39. The van der Waals surface area contributed by atoms with Gasteiger partial charge in [0.15, 0.2) is 17.0 Å². The first kappa shape index (κ1) is 13.1. The van der Waals surface area contributed by atoms with Crippen molar-refractivity contribution in [3.8, 4) is 0 Å². The monoisotopic (exact) mass is 340 g/mol. The lowest BCUT2D eigenvalue weighted by Gasteiger charge is -2.17. The fourth-order valence-corrected chi connectivity index (χ4v) is 2.57. The summed E-state index contributed by atoms with van der Waals surface area (Å²) in [5, 5.41) is 4.34. The van der Waals surface area contributed by atoms with Crippen LogP contribution in [0.3, 0.4) is 0 Å². The maximum absolute atomic E-state index is 11.8. The molecule has 0 aromatic carbocycles. The Morgan fingerprint density at radius 2 is 1.82 bits per heavy atom. The van der Waals surface area contributed by atoms with E-state index >= 15 is 0 Å². The van der Waals surface area contributed by atoms with E-state index in [1.165, 1.54) is 11.0 Å². The first-order chi connectivity index (χ1) is 10.5. The maximum atomic E-state index is 11.8. The molecule has 0 bridgehead atoms. The molecule has 0 fully saturated rings. The molecule has 0 amide bonds. The van der Waals surface area contributed by atoms with Crippen molar-refractivity contribution in [2.75, 3.05) is 17.0 Å². The lowest BCUT2D eigenvalue weighted by molar-refractivity contribution is 0.742. The number of nitrogens with one attached hydrogen (secondary N) is 3. The molecule has 4 heterocycles. The molecule has 0 unspecified atom stereocenters. The van der Waals surface area contributed by atoms with Crippen LogP contribution in [0.25, 0.3) is 11.2 Å². The minimum atomic E-state index is -0.460. The molecule has 112 valence electrons. The van der Waals surface area contributed by atoms with Crippen LogP contribution in [0.5, 0.6) is 0 Å². The molecule has 10 nitrogen and oxygen atoms in total. The summed E-state index contributed by atoms with van der Waals surface area (Å²) in [6, 6.07) is 0. The molecule has 3 N–H and O–H groups in total. The Hall–Kier alpha value is -2.59. The topological polar surface area (TPSA) is 125 Å². The van der Waals surface area contributed by atoms with Gasteiger partial charge in [-0.05, 0) is 23.2 Å². The van der Waals surface area contributed by atoms with Gasteiger partial charge in [0.25, 0.3) is 11.1 Å². The average Bonchev–Trinajstić information content (AvgIpc) is 3.02. The van der Waals surface area contributed by atoms with Crippen molar-refractivity contribution < 1.29 is 0 Å².